The van der Waals surface area contributed by atoms with Crippen molar-refractivity contribution in [2.75, 3.05) is 13.2 Å². The quantitative estimate of drug-likeness (QED) is 0.640. The Kier molecular flexibility index (Phi) is 5.30. The summed E-state index contributed by atoms with van der Waals surface area (Å²) < 4.78 is 5.63. The Bertz CT molecular complexity index is 473. The molecule has 0 radical (unpaired) electrons. The van der Waals surface area contributed by atoms with Gasteiger partial charge in [-0.1, -0.05) is 29.8 Å². The largest absolute Gasteiger partial charge is 0.376 e. The highest BCUT2D eigenvalue weighted by atomic mass is 16.5. The summed E-state index contributed by atoms with van der Waals surface area (Å²) in [6.45, 7) is 5.48. The Morgan fingerprint density at radius 1 is 1.35 bits per heavy atom. The summed E-state index contributed by atoms with van der Waals surface area (Å²) in [5, 5.41) is 12.4. The van der Waals surface area contributed by atoms with Gasteiger partial charge in [0.2, 0.25) is 0 Å². The summed E-state index contributed by atoms with van der Waals surface area (Å²) in [7, 11) is 0. The molecular formula is C16H23N3O. The lowest BCUT2D eigenvalue weighted by atomic mass is 10.1. The summed E-state index contributed by atoms with van der Waals surface area (Å²) in [5.74, 6) is 0. The van der Waals surface area contributed by atoms with E-state index in [4.69, 9.17) is 10.1 Å². The van der Waals surface area contributed by atoms with E-state index >= 15 is 0 Å². The number of hydrazone groups is 1. The Balaban J connectivity index is 1.85. The third-order valence-electron chi connectivity index (χ3n) is 3.54. The fourth-order valence-electron chi connectivity index (χ4n) is 2.22. The Hall–Kier alpha value is -1.68. The fraction of sp³-hybridized carbons (Fsp3) is 0.500. The third-order valence-corrected chi connectivity index (χ3v) is 3.54. The van der Waals surface area contributed by atoms with Gasteiger partial charge < -0.3 is 10.2 Å². The zero-order valence-electron chi connectivity index (χ0n) is 12.3. The predicted molar refractivity (Wildman–Crippen MR) is 82.7 cm³/mol. The van der Waals surface area contributed by atoms with Crippen LogP contribution in [0.5, 0.6) is 0 Å². The van der Waals surface area contributed by atoms with Crippen molar-refractivity contribution in [1.29, 1.82) is 5.41 Å². The first kappa shape index (κ1) is 14.7. The third kappa shape index (κ3) is 4.17. The highest BCUT2D eigenvalue weighted by Crippen LogP contribution is 2.11. The van der Waals surface area contributed by atoms with Gasteiger partial charge in [-0.05, 0) is 33.1 Å². The number of aryl methyl sites for hydroxylation is 1. The van der Waals surface area contributed by atoms with E-state index < -0.39 is 0 Å². The molecule has 4 nitrogen and oxygen atoms in total. The van der Waals surface area contributed by atoms with E-state index in [1.165, 1.54) is 12.0 Å². The predicted octanol–water partition coefficient (Wildman–Crippen LogP) is 2.90. The second-order valence-corrected chi connectivity index (χ2v) is 5.29. The van der Waals surface area contributed by atoms with Crippen molar-refractivity contribution in [2.24, 2.45) is 5.10 Å². The fourth-order valence-corrected chi connectivity index (χ4v) is 2.22. The van der Waals surface area contributed by atoms with E-state index in [-0.39, 0.29) is 6.10 Å². The number of hydrogen-bond acceptors (Lipinski definition) is 4. The van der Waals surface area contributed by atoms with Gasteiger partial charge in [0.15, 0.2) is 0 Å². The van der Waals surface area contributed by atoms with Gasteiger partial charge in [0, 0.05) is 12.2 Å². The molecule has 1 heterocycles. The molecule has 0 amide bonds. The molecule has 1 aromatic rings. The van der Waals surface area contributed by atoms with Crippen LogP contribution in [0.3, 0.4) is 0 Å². The monoisotopic (exact) mass is 273 g/mol. The molecule has 0 spiro atoms. The number of hydrogen-bond donors (Lipinski definition) is 2. The molecule has 1 unspecified atom stereocenters. The zero-order chi connectivity index (χ0) is 14.4. The molecule has 20 heavy (non-hydrogen) atoms. The average molecular weight is 273 g/mol. The number of benzene rings is 1. The maximum absolute atomic E-state index is 8.13. The standard InChI is InChI=1S/C16H23N3O/c1-12-6-8-14(9-7-12)16(17)13(2)19-18-11-15-5-3-4-10-20-15/h6-9,15,17-18H,3-5,10-11H2,1-2H3/b17-16?,19-13-. The lowest BCUT2D eigenvalue weighted by molar-refractivity contribution is 0.0172. The Labute approximate surface area is 120 Å². The van der Waals surface area contributed by atoms with Crippen molar-refractivity contribution in [1.82, 2.24) is 5.43 Å². The topological polar surface area (TPSA) is 57.5 Å². The number of ether oxygens (including phenoxy) is 1. The molecule has 0 bridgehead atoms. The number of nitrogens with zero attached hydrogens (tertiary/aromatic N) is 1. The Morgan fingerprint density at radius 2 is 2.10 bits per heavy atom. The number of rotatable bonds is 5. The molecule has 1 aromatic carbocycles. The second-order valence-electron chi connectivity index (χ2n) is 5.29. The van der Waals surface area contributed by atoms with Crippen molar-refractivity contribution < 1.29 is 4.74 Å². The minimum absolute atomic E-state index is 0.258. The molecule has 1 fully saturated rings. The lowest BCUT2D eigenvalue weighted by Gasteiger charge is -2.22. The van der Waals surface area contributed by atoms with Gasteiger partial charge in [-0.3, -0.25) is 5.41 Å². The van der Waals surface area contributed by atoms with Crippen LogP contribution < -0.4 is 5.43 Å². The minimum atomic E-state index is 0.258. The molecule has 0 aliphatic carbocycles. The molecular weight excluding hydrogens is 250 g/mol. The summed E-state index contributed by atoms with van der Waals surface area (Å²) >= 11 is 0. The van der Waals surface area contributed by atoms with E-state index in [9.17, 15) is 0 Å². The smallest absolute Gasteiger partial charge is 0.0841 e. The van der Waals surface area contributed by atoms with E-state index in [0.29, 0.717) is 11.4 Å². The van der Waals surface area contributed by atoms with Crippen molar-refractivity contribution in [3.05, 3.63) is 35.4 Å². The van der Waals surface area contributed by atoms with E-state index in [1.807, 2.05) is 38.1 Å². The van der Waals surface area contributed by atoms with Crippen LogP contribution in [-0.4, -0.2) is 30.7 Å². The maximum atomic E-state index is 8.13. The van der Waals surface area contributed by atoms with Crippen LogP contribution in [0.1, 0.15) is 37.3 Å². The van der Waals surface area contributed by atoms with Crippen LogP contribution in [-0.2, 0) is 4.74 Å². The van der Waals surface area contributed by atoms with Gasteiger partial charge in [0.1, 0.15) is 0 Å². The van der Waals surface area contributed by atoms with Gasteiger partial charge in [-0.25, -0.2) is 0 Å². The van der Waals surface area contributed by atoms with Crippen LogP contribution in [0.4, 0.5) is 0 Å². The minimum Gasteiger partial charge on any atom is -0.376 e. The molecule has 4 heteroatoms. The van der Waals surface area contributed by atoms with Crippen molar-refractivity contribution in [2.45, 2.75) is 39.2 Å². The molecule has 1 aliphatic rings. The molecule has 2 N–H and O–H groups in total. The van der Waals surface area contributed by atoms with Crippen molar-refractivity contribution in [3.63, 3.8) is 0 Å². The van der Waals surface area contributed by atoms with Gasteiger partial charge in [0.05, 0.1) is 24.1 Å². The normalized spacial score (nSPS) is 19.7. The van der Waals surface area contributed by atoms with Gasteiger partial charge in [0.25, 0.3) is 0 Å². The van der Waals surface area contributed by atoms with Crippen molar-refractivity contribution >= 4 is 11.4 Å². The lowest BCUT2D eigenvalue weighted by Crippen LogP contribution is -2.30. The van der Waals surface area contributed by atoms with E-state index in [2.05, 4.69) is 10.5 Å². The average Bonchev–Trinajstić information content (AvgIpc) is 2.48. The van der Waals surface area contributed by atoms with E-state index in [0.717, 1.165) is 31.6 Å². The molecule has 1 aliphatic heterocycles. The first-order valence-electron chi connectivity index (χ1n) is 7.21. The van der Waals surface area contributed by atoms with E-state index in [1.54, 1.807) is 0 Å². The molecule has 0 saturated carbocycles. The summed E-state index contributed by atoms with van der Waals surface area (Å²) in [4.78, 5) is 0. The van der Waals surface area contributed by atoms with Crippen molar-refractivity contribution in [3.8, 4) is 0 Å². The highest BCUT2D eigenvalue weighted by Gasteiger charge is 2.13. The molecule has 1 atom stereocenters. The van der Waals surface area contributed by atoms with Crippen LogP contribution in [0, 0.1) is 12.3 Å². The first-order valence-corrected chi connectivity index (χ1v) is 7.21. The summed E-state index contributed by atoms with van der Waals surface area (Å²) in [5.41, 5.74) is 6.29. The zero-order valence-corrected chi connectivity index (χ0v) is 12.3. The second kappa shape index (κ2) is 7.20. The van der Waals surface area contributed by atoms with Gasteiger partial charge >= 0.3 is 0 Å². The molecule has 0 aromatic heterocycles. The van der Waals surface area contributed by atoms with Gasteiger partial charge in [-0.2, -0.15) is 5.10 Å². The van der Waals surface area contributed by atoms with Gasteiger partial charge in [-0.15, -0.1) is 0 Å². The molecule has 108 valence electrons. The number of nitrogens with one attached hydrogen (secondary N) is 2. The van der Waals surface area contributed by atoms with Crippen LogP contribution in [0.25, 0.3) is 0 Å². The summed E-state index contributed by atoms with van der Waals surface area (Å²) in [6.07, 6.45) is 3.75. The maximum Gasteiger partial charge on any atom is 0.0841 e. The molecule has 2 rings (SSSR count). The molecule has 1 saturated heterocycles. The SMILES string of the molecule is C/C(=N/NCC1CCCCO1)C(=N)c1ccc(C)cc1. The summed E-state index contributed by atoms with van der Waals surface area (Å²) in [6, 6.07) is 7.95. The van der Waals surface area contributed by atoms with Crippen LogP contribution in [0.2, 0.25) is 0 Å². The van der Waals surface area contributed by atoms with Crippen LogP contribution in [0.15, 0.2) is 29.4 Å². The Morgan fingerprint density at radius 3 is 2.75 bits per heavy atom. The van der Waals surface area contributed by atoms with Crippen LogP contribution >= 0.6 is 0 Å². The first-order chi connectivity index (χ1) is 9.66. The highest BCUT2D eigenvalue weighted by molar-refractivity contribution is 6.46.